The van der Waals surface area contributed by atoms with Crippen molar-refractivity contribution in [2.75, 3.05) is 12.3 Å². The highest BCUT2D eigenvalue weighted by Crippen LogP contribution is 2.24. The Morgan fingerprint density at radius 2 is 2.20 bits per heavy atom. The van der Waals surface area contributed by atoms with Crippen molar-refractivity contribution in [1.29, 1.82) is 0 Å². The number of aromatic nitrogens is 1. The molecular formula is C15H16N2OS2. The topological polar surface area (TPSA) is 33.2 Å². The maximum Gasteiger partial charge on any atom is 0.233 e. The molecule has 1 amide bonds. The molecule has 0 saturated carbocycles. The third-order valence-electron chi connectivity index (χ3n) is 3.40. The fraction of sp³-hybridized carbons (Fsp3) is 0.333. The van der Waals surface area contributed by atoms with Gasteiger partial charge in [-0.2, -0.15) is 0 Å². The maximum absolute atomic E-state index is 12.3. The van der Waals surface area contributed by atoms with E-state index in [1.165, 1.54) is 11.1 Å². The fourth-order valence-electron chi connectivity index (χ4n) is 2.32. The van der Waals surface area contributed by atoms with Gasteiger partial charge in [0, 0.05) is 24.2 Å². The summed E-state index contributed by atoms with van der Waals surface area (Å²) in [5.74, 6) is 0.687. The van der Waals surface area contributed by atoms with Crippen LogP contribution in [0.1, 0.15) is 16.8 Å². The highest BCUT2D eigenvalue weighted by molar-refractivity contribution is 8.01. The van der Waals surface area contributed by atoms with E-state index >= 15 is 0 Å². The van der Waals surface area contributed by atoms with Gasteiger partial charge >= 0.3 is 0 Å². The number of nitrogens with zero attached hydrogens (tertiary/aromatic N) is 2. The predicted molar refractivity (Wildman–Crippen MR) is 83.1 cm³/mol. The molecule has 0 atom stereocenters. The van der Waals surface area contributed by atoms with Crippen molar-refractivity contribution in [3.8, 4) is 0 Å². The zero-order valence-corrected chi connectivity index (χ0v) is 13.0. The Labute approximate surface area is 127 Å². The normalized spacial score (nSPS) is 14.2. The van der Waals surface area contributed by atoms with Crippen molar-refractivity contribution in [1.82, 2.24) is 9.88 Å². The first kappa shape index (κ1) is 13.6. The summed E-state index contributed by atoms with van der Waals surface area (Å²) in [5, 5.41) is 2.02. The number of carbonyl (C=O) groups excluding carboxylic acids is 1. The Bertz CT molecular complexity index is 624. The number of hydrogen-bond donors (Lipinski definition) is 0. The lowest BCUT2D eigenvalue weighted by atomic mass is 10.00. The lowest BCUT2D eigenvalue weighted by Gasteiger charge is -2.28. The van der Waals surface area contributed by atoms with Crippen LogP contribution in [0.15, 0.2) is 34.0 Å². The summed E-state index contributed by atoms with van der Waals surface area (Å²) < 4.78 is 0.980. The van der Waals surface area contributed by atoms with E-state index in [1.54, 1.807) is 23.1 Å². The van der Waals surface area contributed by atoms with Gasteiger partial charge < -0.3 is 4.90 Å². The van der Waals surface area contributed by atoms with Gasteiger partial charge in [0.2, 0.25) is 5.91 Å². The first-order valence-corrected chi connectivity index (χ1v) is 8.48. The van der Waals surface area contributed by atoms with Gasteiger partial charge in [0.15, 0.2) is 4.34 Å². The van der Waals surface area contributed by atoms with Crippen LogP contribution in [0.5, 0.6) is 0 Å². The van der Waals surface area contributed by atoms with Crippen LogP contribution in [-0.4, -0.2) is 28.1 Å². The second kappa shape index (κ2) is 5.97. The van der Waals surface area contributed by atoms with E-state index in [4.69, 9.17) is 0 Å². The molecule has 0 saturated heterocycles. The molecule has 2 heterocycles. The SMILES string of the molecule is Cc1csc(SCC(=O)N2CCc3ccccc3C2)n1. The standard InChI is InChI=1S/C15H16N2OS2/c1-11-9-19-15(16-11)20-10-14(18)17-7-6-12-4-2-3-5-13(12)8-17/h2-5,9H,6-8,10H2,1H3. The summed E-state index contributed by atoms with van der Waals surface area (Å²) in [7, 11) is 0. The molecule has 104 valence electrons. The number of aryl methyl sites for hydroxylation is 1. The van der Waals surface area contributed by atoms with Gasteiger partial charge in [-0.1, -0.05) is 36.0 Å². The van der Waals surface area contributed by atoms with Crippen LogP contribution in [0.25, 0.3) is 0 Å². The number of thiazole rings is 1. The second-order valence-electron chi connectivity index (χ2n) is 4.88. The number of benzene rings is 1. The molecule has 0 fully saturated rings. The average Bonchev–Trinajstić information content (AvgIpc) is 2.90. The molecule has 1 aromatic carbocycles. The summed E-state index contributed by atoms with van der Waals surface area (Å²) in [6.45, 7) is 3.55. The molecule has 0 bridgehead atoms. The molecule has 1 aliphatic rings. The quantitative estimate of drug-likeness (QED) is 0.817. The Morgan fingerprint density at radius 3 is 2.95 bits per heavy atom. The first-order valence-electron chi connectivity index (χ1n) is 6.62. The van der Waals surface area contributed by atoms with E-state index in [2.05, 4.69) is 23.2 Å². The van der Waals surface area contributed by atoms with Crippen molar-refractivity contribution in [2.45, 2.75) is 24.2 Å². The Balaban J connectivity index is 1.59. The van der Waals surface area contributed by atoms with E-state index < -0.39 is 0 Å². The Kier molecular flexibility index (Phi) is 4.08. The minimum atomic E-state index is 0.206. The minimum Gasteiger partial charge on any atom is -0.337 e. The number of fused-ring (bicyclic) bond motifs is 1. The van der Waals surface area contributed by atoms with Gasteiger partial charge in [0.25, 0.3) is 0 Å². The van der Waals surface area contributed by atoms with E-state index in [1.807, 2.05) is 23.3 Å². The van der Waals surface area contributed by atoms with E-state index in [9.17, 15) is 4.79 Å². The third-order valence-corrected chi connectivity index (χ3v) is 5.52. The Morgan fingerprint density at radius 1 is 1.40 bits per heavy atom. The molecule has 0 radical (unpaired) electrons. The van der Waals surface area contributed by atoms with Crippen molar-refractivity contribution in [3.63, 3.8) is 0 Å². The van der Waals surface area contributed by atoms with Crippen LogP contribution in [0.4, 0.5) is 0 Å². The highest BCUT2D eigenvalue weighted by atomic mass is 32.2. The first-order chi connectivity index (χ1) is 9.72. The molecule has 0 unspecified atom stereocenters. The average molecular weight is 304 g/mol. The summed E-state index contributed by atoms with van der Waals surface area (Å²) in [5.41, 5.74) is 3.68. The van der Waals surface area contributed by atoms with E-state index in [0.717, 1.165) is 29.5 Å². The zero-order valence-electron chi connectivity index (χ0n) is 11.3. The highest BCUT2D eigenvalue weighted by Gasteiger charge is 2.20. The van der Waals surface area contributed by atoms with Gasteiger partial charge in [-0.25, -0.2) is 4.98 Å². The number of amides is 1. The fourth-order valence-corrected chi connectivity index (χ4v) is 4.07. The molecular weight excluding hydrogens is 288 g/mol. The molecule has 2 aromatic rings. The third kappa shape index (κ3) is 3.04. The van der Waals surface area contributed by atoms with E-state index in [-0.39, 0.29) is 5.91 Å². The molecule has 3 rings (SSSR count). The lowest BCUT2D eigenvalue weighted by molar-refractivity contribution is -0.129. The van der Waals surface area contributed by atoms with Crippen molar-refractivity contribution in [2.24, 2.45) is 0 Å². The number of thioether (sulfide) groups is 1. The Hall–Kier alpha value is -1.33. The van der Waals surface area contributed by atoms with Crippen LogP contribution >= 0.6 is 23.1 Å². The number of rotatable bonds is 3. The molecule has 1 aromatic heterocycles. The molecule has 1 aliphatic heterocycles. The van der Waals surface area contributed by atoms with Crippen molar-refractivity contribution in [3.05, 3.63) is 46.5 Å². The van der Waals surface area contributed by atoms with Crippen molar-refractivity contribution >= 4 is 29.0 Å². The van der Waals surface area contributed by atoms with Crippen LogP contribution in [0, 0.1) is 6.92 Å². The molecule has 3 nitrogen and oxygen atoms in total. The van der Waals surface area contributed by atoms with Gasteiger partial charge in [0.1, 0.15) is 0 Å². The van der Waals surface area contributed by atoms with Gasteiger partial charge in [-0.3, -0.25) is 4.79 Å². The summed E-state index contributed by atoms with van der Waals surface area (Å²) in [6, 6.07) is 8.38. The second-order valence-corrected chi connectivity index (χ2v) is 6.96. The molecule has 0 aliphatic carbocycles. The summed E-state index contributed by atoms with van der Waals surface area (Å²) >= 11 is 3.15. The number of hydrogen-bond acceptors (Lipinski definition) is 4. The maximum atomic E-state index is 12.3. The summed E-state index contributed by atoms with van der Waals surface area (Å²) in [4.78, 5) is 18.6. The number of carbonyl (C=O) groups is 1. The molecule has 5 heteroatoms. The van der Waals surface area contributed by atoms with E-state index in [0.29, 0.717) is 5.75 Å². The van der Waals surface area contributed by atoms with Gasteiger partial charge in [-0.15, -0.1) is 11.3 Å². The zero-order chi connectivity index (χ0) is 13.9. The largest absolute Gasteiger partial charge is 0.337 e. The van der Waals surface area contributed by atoms with Gasteiger partial charge in [-0.05, 0) is 24.5 Å². The monoisotopic (exact) mass is 304 g/mol. The molecule has 0 spiro atoms. The molecule has 20 heavy (non-hydrogen) atoms. The van der Waals surface area contributed by atoms with Gasteiger partial charge in [0.05, 0.1) is 5.75 Å². The minimum absolute atomic E-state index is 0.206. The summed E-state index contributed by atoms with van der Waals surface area (Å²) in [6.07, 6.45) is 0.961. The molecule has 0 N–H and O–H groups in total. The van der Waals surface area contributed by atoms with Crippen LogP contribution in [0.2, 0.25) is 0 Å². The van der Waals surface area contributed by atoms with Crippen LogP contribution in [-0.2, 0) is 17.8 Å². The van der Waals surface area contributed by atoms with Crippen LogP contribution < -0.4 is 0 Å². The van der Waals surface area contributed by atoms with Crippen molar-refractivity contribution < 1.29 is 4.79 Å². The lowest BCUT2D eigenvalue weighted by Crippen LogP contribution is -2.37. The van der Waals surface area contributed by atoms with Crippen LogP contribution in [0.3, 0.4) is 0 Å². The smallest absolute Gasteiger partial charge is 0.233 e. The predicted octanol–water partition coefficient (Wildman–Crippen LogP) is 3.13.